The predicted octanol–water partition coefficient (Wildman–Crippen LogP) is 3.38. The smallest absolute Gasteiger partial charge is 0.00541 e. The third-order valence-electron chi connectivity index (χ3n) is 1.05. The summed E-state index contributed by atoms with van der Waals surface area (Å²) in [7, 11) is 0. The van der Waals surface area contributed by atoms with Crippen molar-refractivity contribution in [1.82, 2.24) is 0 Å². The molecule has 74 valence electrons. The van der Waals surface area contributed by atoms with E-state index in [4.69, 9.17) is 5.73 Å². The summed E-state index contributed by atoms with van der Waals surface area (Å²) in [6, 6.07) is 0. The number of hydrogen-bond acceptors (Lipinski definition) is 1. The maximum Gasteiger partial charge on any atom is -0.00541 e. The zero-order chi connectivity index (χ0) is 10.6. The van der Waals surface area contributed by atoms with E-state index in [2.05, 4.69) is 46.9 Å². The Morgan fingerprint density at radius 3 is 1.50 bits per heavy atom. The zero-order valence-electron chi connectivity index (χ0n) is 9.35. The van der Waals surface area contributed by atoms with Gasteiger partial charge in [0.2, 0.25) is 0 Å². The van der Waals surface area contributed by atoms with E-state index in [1.54, 1.807) is 0 Å². The Morgan fingerprint density at radius 1 is 1.33 bits per heavy atom. The highest BCUT2D eigenvalue weighted by molar-refractivity contribution is 4.88. The molecule has 0 aliphatic heterocycles. The molecule has 0 saturated carbocycles. The fourth-order valence-electron chi connectivity index (χ4n) is 0. The molecule has 0 aliphatic carbocycles. The molecule has 1 heteroatoms. The van der Waals surface area contributed by atoms with E-state index in [9.17, 15) is 0 Å². The van der Waals surface area contributed by atoms with Crippen LogP contribution >= 0.6 is 0 Å². The van der Waals surface area contributed by atoms with Crippen LogP contribution in [0.1, 0.15) is 34.6 Å². The molecule has 0 aliphatic rings. The molecule has 0 heterocycles. The van der Waals surface area contributed by atoms with Gasteiger partial charge < -0.3 is 5.73 Å². The van der Waals surface area contributed by atoms with Gasteiger partial charge in [0.05, 0.1) is 0 Å². The molecule has 0 rings (SSSR count). The van der Waals surface area contributed by atoms with Crippen LogP contribution in [0.2, 0.25) is 0 Å². The number of allylic oxidation sites excluding steroid dienone is 2. The third-order valence-corrected chi connectivity index (χ3v) is 1.05. The van der Waals surface area contributed by atoms with E-state index in [1.165, 1.54) is 5.57 Å². The van der Waals surface area contributed by atoms with Gasteiger partial charge in [-0.2, -0.15) is 0 Å². The van der Waals surface area contributed by atoms with Gasteiger partial charge in [-0.3, -0.25) is 0 Å². The summed E-state index contributed by atoms with van der Waals surface area (Å²) in [5.74, 6) is 0.662. The number of rotatable bonds is 1. The van der Waals surface area contributed by atoms with Crippen LogP contribution in [0.5, 0.6) is 0 Å². The van der Waals surface area contributed by atoms with Gasteiger partial charge in [-0.25, -0.2) is 0 Å². The van der Waals surface area contributed by atoms with Crippen molar-refractivity contribution in [3.8, 4) is 0 Å². The normalized spacial score (nSPS) is 7.25. The quantitative estimate of drug-likeness (QED) is 0.601. The lowest BCUT2D eigenvalue weighted by Crippen LogP contribution is -2.05. The van der Waals surface area contributed by atoms with Gasteiger partial charge in [-0.05, 0) is 33.2 Å². The molecule has 0 bridgehead atoms. The molecule has 0 aromatic rings. The molecule has 0 amide bonds. The number of nitrogens with two attached hydrogens (primary N) is 1. The largest absolute Gasteiger partial charge is 0.330 e. The fraction of sp³-hybridized carbons (Fsp3) is 0.636. The molecule has 0 atom stereocenters. The minimum atomic E-state index is 0.662. The lowest BCUT2D eigenvalue weighted by molar-refractivity contribution is 0.664. The first-order valence-corrected chi connectivity index (χ1v) is 4.34. The summed E-state index contributed by atoms with van der Waals surface area (Å²) in [6.07, 6.45) is 2.08. The Morgan fingerprint density at radius 2 is 1.50 bits per heavy atom. The highest BCUT2D eigenvalue weighted by atomic mass is 14.5. The molecule has 0 unspecified atom stereocenters. The molecule has 2 N–H and O–H groups in total. The van der Waals surface area contributed by atoms with Gasteiger partial charge in [0.1, 0.15) is 0 Å². The first-order valence-electron chi connectivity index (χ1n) is 4.34. The van der Waals surface area contributed by atoms with E-state index >= 15 is 0 Å². The van der Waals surface area contributed by atoms with Crippen molar-refractivity contribution in [2.24, 2.45) is 11.7 Å². The van der Waals surface area contributed by atoms with E-state index in [0.717, 1.165) is 6.54 Å². The van der Waals surface area contributed by atoms with Crippen molar-refractivity contribution < 1.29 is 0 Å². The molecular formula is C11H25N. The topological polar surface area (TPSA) is 26.0 Å². The maximum atomic E-state index is 5.17. The summed E-state index contributed by atoms with van der Waals surface area (Å²) < 4.78 is 0. The second-order valence-electron chi connectivity index (χ2n) is 3.00. The summed E-state index contributed by atoms with van der Waals surface area (Å²) in [5, 5.41) is 0. The first kappa shape index (κ1) is 17.5. The molecule has 1 nitrogen and oxygen atoms in total. The Hall–Kier alpha value is -0.560. The Labute approximate surface area is 78.4 Å². The maximum absolute atomic E-state index is 5.17. The average Bonchev–Trinajstić information content (AvgIpc) is 2.09. The molecule has 0 spiro atoms. The Balaban J connectivity index is -0.000000112. The van der Waals surface area contributed by atoms with Crippen LogP contribution in [0, 0.1) is 5.92 Å². The van der Waals surface area contributed by atoms with Crippen LogP contribution in [0.15, 0.2) is 24.8 Å². The number of hydrogen-bond donors (Lipinski definition) is 1. The van der Waals surface area contributed by atoms with Crippen molar-refractivity contribution in [3.05, 3.63) is 24.8 Å². The van der Waals surface area contributed by atoms with Crippen molar-refractivity contribution in [2.75, 3.05) is 6.54 Å². The summed E-state index contributed by atoms with van der Waals surface area (Å²) >= 11 is 0. The van der Waals surface area contributed by atoms with Crippen LogP contribution in [0.3, 0.4) is 0 Å². The SMILES string of the molecule is C=C.CC(C)CN.CC=C(C)C. The van der Waals surface area contributed by atoms with E-state index < -0.39 is 0 Å². The molecule has 0 aromatic carbocycles. The predicted molar refractivity (Wildman–Crippen MR) is 60.3 cm³/mol. The summed E-state index contributed by atoms with van der Waals surface area (Å²) in [4.78, 5) is 0. The van der Waals surface area contributed by atoms with Gasteiger partial charge in [-0.1, -0.05) is 25.5 Å². The summed E-state index contributed by atoms with van der Waals surface area (Å²) in [6.45, 7) is 17.2. The van der Waals surface area contributed by atoms with E-state index in [0.29, 0.717) is 5.92 Å². The van der Waals surface area contributed by atoms with E-state index in [1.807, 2.05) is 6.92 Å². The van der Waals surface area contributed by atoms with E-state index in [-0.39, 0.29) is 0 Å². The minimum absolute atomic E-state index is 0.662. The molecule has 0 radical (unpaired) electrons. The van der Waals surface area contributed by atoms with Crippen molar-refractivity contribution in [2.45, 2.75) is 34.6 Å². The monoisotopic (exact) mass is 171 g/mol. The lowest BCUT2D eigenvalue weighted by atomic mass is 10.2. The fourth-order valence-corrected chi connectivity index (χ4v) is 0. The molecular weight excluding hydrogens is 146 g/mol. The average molecular weight is 171 g/mol. The lowest BCUT2D eigenvalue weighted by Gasteiger charge is -1.91. The second kappa shape index (κ2) is 16.8. The van der Waals surface area contributed by atoms with Gasteiger partial charge in [0, 0.05) is 0 Å². The van der Waals surface area contributed by atoms with Gasteiger partial charge in [0.15, 0.2) is 0 Å². The standard InChI is InChI=1S/C5H10.C4H11N.C2H4/c1-4-5(2)3;1-4(2)3-5;1-2/h4H,1-3H3;4H,3,5H2,1-2H3;1-2H2. The first-order chi connectivity index (χ1) is 5.54. The van der Waals surface area contributed by atoms with Crippen LogP contribution in [-0.2, 0) is 0 Å². The van der Waals surface area contributed by atoms with Gasteiger partial charge in [-0.15, -0.1) is 13.2 Å². The van der Waals surface area contributed by atoms with Crippen LogP contribution < -0.4 is 5.73 Å². The molecule has 0 aromatic heterocycles. The van der Waals surface area contributed by atoms with Crippen molar-refractivity contribution in [3.63, 3.8) is 0 Å². The summed E-state index contributed by atoms with van der Waals surface area (Å²) in [5.41, 5.74) is 6.55. The molecule has 0 fully saturated rings. The van der Waals surface area contributed by atoms with Crippen molar-refractivity contribution >= 4 is 0 Å². The van der Waals surface area contributed by atoms with Crippen LogP contribution in [-0.4, -0.2) is 6.54 Å². The van der Waals surface area contributed by atoms with Crippen LogP contribution in [0.25, 0.3) is 0 Å². The molecule has 0 saturated heterocycles. The Bertz CT molecular complexity index is 89.2. The molecule has 12 heavy (non-hydrogen) atoms. The minimum Gasteiger partial charge on any atom is -0.330 e. The third kappa shape index (κ3) is 56.8. The van der Waals surface area contributed by atoms with Gasteiger partial charge >= 0.3 is 0 Å². The van der Waals surface area contributed by atoms with Gasteiger partial charge in [0.25, 0.3) is 0 Å². The Kier molecular flexibility index (Phi) is 24.5. The zero-order valence-corrected chi connectivity index (χ0v) is 9.35. The highest BCUT2D eigenvalue weighted by Gasteiger charge is 1.80. The van der Waals surface area contributed by atoms with Crippen LogP contribution in [0.4, 0.5) is 0 Å². The highest BCUT2D eigenvalue weighted by Crippen LogP contribution is 1.82. The second-order valence-corrected chi connectivity index (χ2v) is 3.00. The van der Waals surface area contributed by atoms with Crippen molar-refractivity contribution in [1.29, 1.82) is 0 Å².